The van der Waals surface area contributed by atoms with E-state index >= 15 is 0 Å². The number of anilines is 1. The summed E-state index contributed by atoms with van der Waals surface area (Å²) in [7, 11) is 1.66. The Morgan fingerprint density at radius 3 is 3.00 bits per heavy atom. The van der Waals surface area contributed by atoms with Gasteiger partial charge in [-0.25, -0.2) is 0 Å². The van der Waals surface area contributed by atoms with Crippen LogP contribution in [0.4, 0.5) is 5.69 Å². The number of amides is 1. The van der Waals surface area contributed by atoms with Crippen LogP contribution >= 0.6 is 0 Å². The normalized spacial score (nSPS) is 23.7. The molecule has 0 aromatic carbocycles. The molecule has 2 unspecified atom stereocenters. The largest absolute Gasteiger partial charge is 0.328 e. The van der Waals surface area contributed by atoms with Gasteiger partial charge in [-0.1, -0.05) is 6.42 Å². The van der Waals surface area contributed by atoms with E-state index in [0.29, 0.717) is 12.1 Å². The van der Waals surface area contributed by atoms with Crippen molar-refractivity contribution in [2.75, 3.05) is 5.32 Å². The molecule has 3 N–H and O–H groups in total. The molecule has 5 nitrogen and oxygen atoms in total. The first-order valence-electron chi connectivity index (χ1n) is 6.30. The van der Waals surface area contributed by atoms with Gasteiger partial charge in [0.25, 0.3) is 5.56 Å². The minimum atomic E-state index is -0.189. The van der Waals surface area contributed by atoms with Crippen LogP contribution in [0.5, 0.6) is 0 Å². The van der Waals surface area contributed by atoms with Crippen LogP contribution in [0, 0.1) is 5.92 Å². The molecule has 0 bridgehead atoms. The lowest BCUT2D eigenvalue weighted by molar-refractivity contribution is -0.120. The first-order chi connectivity index (χ1) is 8.58. The lowest BCUT2D eigenvalue weighted by atomic mass is 9.85. The van der Waals surface area contributed by atoms with Gasteiger partial charge < -0.3 is 15.6 Å². The van der Waals surface area contributed by atoms with Gasteiger partial charge in [0, 0.05) is 25.2 Å². The van der Waals surface area contributed by atoms with Crippen molar-refractivity contribution < 1.29 is 4.79 Å². The number of hydrogen-bond donors (Lipinski definition) is 2. The summed E-state index contributed by atoms with van der Waals surface area (Å²) in [6, 6.07) is 3.47. The first-order valence-corrected chi connectivity index (χ1v) is 6.30. The molecule has 2 atom stereocenters. The lowest BCUT2D eigenvalue weighted by Gasteiger charge is -2.25. The van der Waals surface area contributed by atoms with Gasteiger partial charge in [0.2, 0.25) is 5.91 Å². The second kappa shape index (κ2) is 5.35. The van der Waals surface area contributed by atoms with Crippen molar-refractivity contribution in [3.05, 3.63) is 28.7 Å². The molecule has 1 amide bonds. The first kappa shape index (κ1) is 12.8. The highest BCUT2D eigenvalue weighted by Crippen LogP contribution is 2.23. The van der Waals surface area contributed by atoms with Crippen LogP contribution in [0.3, 0.4) is 0 Å². The third-order valence-electron chi connectivity index (χ3n) is 3.47. The van der Waals surface area contributed by atoms with Gasteiger partial charge in [0.1, 0.15) is 5.69 Å². The Kier molecular flexibility index (Phi) is 3.81. The summed E-state index contributed by atoms with van der Waals surface area (Å²) < 4.78 is 1.45. The summed E-state index contributed by atoms with van der Waals surface area (Å²) >= 11 is 0. The number of carbonyl (C=O) groups excluding carboxylic acids is 1. The summed E-state index contributed by atoms with van der Waals surface area (Å²) in [6.07, 6.45) is 5.18. The number of pyridine rings is 1. The topological polar surface area (TPSA) is 77.1 Å². The number of nitrogens with zero attached hydrogens (tertiary/aromatic N) is 1. The van der Waals surface area contributed by atoms with Gasteiger partial charge >= 0.3 is 0 Å². The van der Waals surface area contributed by atoms with Crippen molar-refractivity contribution in [3.8, 4) is 0 Å². The monoisotopic (exact) mass is 249 g/mol. The van der Waals surface area contributed by atoms with E-state index in [-0.39, 0.29) is 23.4 Å². The van der Waals surface area contributed by atoms with Crippen LogP contribution in [-0.2, 0) is 11.8 Å². The number of aromatic nitrogens is 1. The molecule has 18 heavy (non-hydrogen) atoms. The fourth-order valence-corrected chi connectivity index (χ4v) is 2.39. The maximum atomic E-state index is 12.1. The lowest BCUT2D eigenvalue weighted by Crippen LogP contribution is -2.35. The predicted octanol–water partition coefficient (Wildman–Crippen LogP) is 0.841. The van der Waals surface area contributed by atoms with E-state index < -0.39 is 0 Å². The summed E-state index contributed by atoms with van der Waals surface area (Å²) in [5.74, 6) is -0.160. The smallest absolute Gasteiger partial charge is 0.274 e. The fourth-order valence-electron chi connectivity index (χ4n) is 2.39. The molecule has 1 fully saturated rings. The summed E-state index contributed by atoms with van der Waals surface area (Å²) in [4.78, 5) is 23.8. The molecule has 1 aromatic rings. The van der Waals surface area contributed by atoms with E-state index in [9.17, 15) is 9.59 Å². The van der Waals surface area contributed by atoms with Gasteiger partial charge in [-0.15, -0.1) is 0 Å². The number of aryl methyl sites for hydroxylation is 1. The molecular weight excluding hydrogens is 230 g/mol. The molecule has 2 rings (SSSR count). The minimum Gasteiger partial charge on any atom is -0.328 e. The molecule has 98 valence electrons. The number of nitrogens with two attached hydrogens (primary N) is 1. The molecule has 1 aliphatic carbocycles. The van der Waals surface area contributed by atoms with Crippen molar-refractivity contribution in [1.82, 2.24) is 4.57 Å². The zero-order chi connectivity index (χ0) is 13.1. The number of carbonyl (C=O) groups is 1. The molecular formula is C13H19N3O2. The molecule has 0 radical (unpaired) electrons. The Labute approximate surface area is 106 Å². The molecule has 1 aliphatic rings. The molecule has 1 aromatic heterocycles. The Balaban J connectivity index is 2.07. The van der Waals surface area contributed by atoms with Gasteiger partial charge in [0.15, 0.2) is 0 Å². The Morgan fingerprint density at radius 1 is 1.50 bits per heavy atom. The van der Waals surface area contributed by atoms with Crippen LogP contribution in [0.15, 0.2) is 23.1 Å². The minimum absolute atomic E-state index is 0.0707. The Hall–Kier alpha value is -1.62. The van der Waals surface area contributed by atoms with Gasteiger partial charge in [-0.05, 0) is 31.4 Å². The van der Waals surface area contributed by atoms with Gasteiger partial charge in [0.05, 0.1) is 0 Å². The molecule has 0 spiro atoms. The van der Waals surface area contributed by atoms with Crippen LogP contribution in [-0.4, -0.2) is 16.5 Å². The summed E-state index contributed by atoms with van der Waals surface area (Å²) in [6.45, 7) is 0. The number of rotatable bonds is 2. The average Bonchev–Trinajstić information content (AvgIpc) is 2.35. The van der Waals surface area contributed by atoms with Gasteiger partial charge in [-0.2, -0.15) is 0 Å². The van der Waals surface area contributed by atoms with E-state index in [2.05, 4.69) is 5.32 Å². The quantitative estimate of drug-likeness (QED) is 0.815. The summed E-state index contributed by atoms with van der Waals surface area (Å²) in [5, 5.41) is 2.71. The molecule has 0 saturated heterocycles. The summed E-state index contributed by atoms with van der Waals surface area (Å²) in [5.41, 5.74) is 6.01. The third kappa shape index (κ3) is 2.79. The van der Waals surface area contributed by atoms with E-state index in [1.807, 2.05) is 0 Å². The maximum absolute atomic E-state index is 12.1. The van der Waals surface area contributed by atoms with Crippen LogP contribution in [0.2, 0.25) is 0 Å². The zero-order valence-corrected chi connectivity index (χ0v) is 10.6. The van der Waals surface area contributed by atoms with Crippen LogP contribution in [0.25, 0.3) is 0 Å². The van der Waals surface area contributed by atoms with E-state index in [0.717, 1.165) is 19.3 Å². The van der Waals surface area contributed by atoms with Gasteiger partial charge in [-0.3, -0.25) is 9.59 Å². The Morgan fingerprint density at radius 2 is 2.28 bits per heavy atom. The van der Waals surface area contributed by atoms with Crippen LogP contribution in [0.1, 0.15) is 25.7 Å². The molecule has 0 aliphatic heterocycles. The standard InChI is InChI=1S/C13H19N3O2/c1-16-7-3-6-11(13(16)18)15-12(17)9-4-2-5-10(14)8-9/h3,6-7,9-10H,2,4-5,8,14H2,1H3,(H,15,17). The van der Waals surface area contributed by atoms with E-state index in [4.69, 9.17) is 5.73 Å². The number of hydrogen-bond acceptors (Lipinski definition) is 3. The second-order valence-electron chi connectivity index (χ2n) is 4.95. The van der Waals surface area contributed by atoms with Crippen molar-refractivity contribution in [2.24, 2.45) is 18.7 Å². The van der Waals surface area contributed by atoms with Crippen LogP contribution < -0.4 is 16.6 Å². The molecule has 5 heteroatoms. The SMILES string of the molecule is Cn1cccc(NC(=O)C2CCCC(N)C2)c1=O. The van der Waals surface area contributed by atoms with Crippen molar-refractivity contribution >= 4 is 11.6 Å². The van der Waals surface area contributed by atoms with Crippen molar-refractivity contribution in [3.63, 3.8) is 0 Å². The van der Waals surface area contributed by atoms with Crippen molar-refractivity contribution in [2.45, 2.75) is 31.7 Å². The van der Waals surface area contributed by atoms with E-state index in [1.165, 1.54) is 4.57 Å². The zero-order valence-electron chi connectivity index (χ0n) is 10.6. The fraction of sp³-hybridized carbons (Fsp3) is 0.538. The third-order valence-corrected chi connectivity index (χ3v) is 3.47. The highest BCUT2D eigenvalue weighted by atomic mass is 16.2. The predicted molar refractivity (Wildman–Crippen MR) is 70.2 cm³/mol. The second-order valence-corrected chi connectivity index (χ2v) is 4.95. The maximum Gasteiger partial charge on any atom is 0.274 e. The van der Waals surface area contributed by atoms with Crippen molar-refractivity contribution in [1.29, 1.82) is 0 Å². The van der Waals surface area contributed by atoms with E-state index in [1.54, 1.807) is 25.4 Å². The highest BCUT2D eigenvalue weighted by Gasteiger charge is 2.25. The Bertz CT molecular complexity index is 495. The number of nitrogens with one attached hydrogen (secondary N) is 1. The molecule has 1 saturated carbocycles. The highest BCUT2D eigenvalue weighted by molar-refractivity contribution is 5.92. The molecule has 1 heterocycles. The average molecular weight is 249 g/mol.